The van der Waals surface area contributed by atoms with Crippen molar-refractivity contribution in [1.29, 1.82) is 0 Å². The summed E-state index contributed by atoms with van der Waals surface area (Å²) >= 11 is 0. The highest BCUT2D eigenvalue weighted by Gasteiger charge is 2.32. The van der Waals surface area contributed by atoms with Gasteiger partial charge in [-0.05, 0) is 54.3 Å². The number of rotatable bonds is 6. The third-order valence-corrected chi connectivity index (χ3v) is 6.23. The molecule has 0 bridgehead atoms. The van der Waals surface area contributed by atoms with Gasteiger partial charge in [0, 0.05) is 30.3 Å². The molecule has 0 spiro atoms. The Balaban J connectivity index is 1.57. The Hall–Kier alpha value is -3.02. The van der Waals surface area contributed by atoms with Gasteiger partial charge in [-0.2, -0.15) is 0 Å². The second-order valence-electron chi connectivity index (χ2n) is 8.22. The number of nitrogens with zero attached hydrogens (tertiary/aromatic N) is 1. The number of fused-ring (bicyclic) bond motifs is 3. The monoisotopic (exact) mass is 416 g/mol. The minimum atomic E-state index is 0.122. The molecule has 5 rings (SSSR count). The Labute approximate surface area is 182 Å². The number of benzene rings is 2. The maximum absolute atomic E-state index is 6.02. The van der Waals surface area contributed by atoms with Crippen LogP contribution in [-0.4, -0.2) is 30.6 Å². The van der Waals surface area contributed by atoms with Gasteiger partial charge in [-0.15, -0.1) is 0 Å². The van der Waals surface area contributed by atoms with Crippen LogP contribution in [0.5, 0.6) is 5.75 Å². The van der Waals surface area contributed by atoms with Gasteiger partial charge in [0.05, 0.1) is 19.7 Å². The Bertz CT molecular complexity index is 1210. The number of hydrogen-bond acceptors (Lipinski definition) is 4. The summed E-state index contributed by atoms with van der Waals surface area (Å²) in [5.41, 5.74) is 6.30. The number of furan rings is 1. The van der Waals surface area contributed by atoms with Crippen LogP contribution >= 0.6 is 0 Å². The van der Waals surface area contributed by atoms with E-state index in [-0.39, 0.29) is 6.04 Å². The van der Waals surface area contributed by atoms with Crippen LogP contribution in [0.25, 0.3) is 10.9 Å². The number of methoxy groups -OCH3 is 2. The molecule has 0 fully saturated rings. The molecule has 0 radical (unpaired) electrons. The SMILES string of the molecule is COCc1ccc(CN2CCc3c([nH]c4ccccc34)C2c2ccc(OC)c(C)c2)o1. The molecule has 1 unspecified atom stereocenters. The highest BCUT2D eigenvalue weighted by atomic mass is 16.5. The van der Waals surface area contributed by atoms with Gasteiger partial charge < -0.3 is 18.9 Å². The van der Waals surface area contributed by atoms with Gasteiger partial charge in [0.1, 0.15) is 23.9 Å². The fourth-order valence-corrected chi connectivity index (χ4v) is 4.84. The van der Waals surface area contributed by atoms with Crippen molar-refractivity contribution in [2.45, 2.75) is 32.5 Å². The van der Waals surface area contributed by atoms with Gasteiger partial charge in [0.25, 0.3) is 0 Å². The lowest BCUT2D eigenvalue weighted by molar-refractivity contribution is 0.153. The fourth-order valence-electron chi connectivity index (χ4n) is 4.84. The first kappa shape index (κ1) is 19.9. The first-order chi connectivity index (χ1) is 15.2. The first-order valence-electron chi connectivity index (χ1n) is 10.7. The van der Waals surface area contributed by atoms with E-state index < -0.39 is 0 Å². The number of nitrogens with one attached hydrogen (secondary N) is 1. The molecular formula is C26H28N2O3. The summed E-state index contributed by atoms with van der Waals surface area (Å²) in [7, 11) is 3.41. The Morgan fingerprint density at radius 2 is 1.90 bits per heavy atom. The topological polar surface area (TPSA) is 50.6 Å². The molecule has 0 saturated carbocycles. The second-order valence-corrected chi connectivity index (χ2v) is 8.22. The summed E-state index contributed by atoms with van der Waals surface area (Å²) in [5, 5.41) is 1.33. The van der Waals surface area contributed by atoms with Crippen molar-refractivity contribution in [1.82, 2.24) is 9.88 Å². The number of aromatic nitrogens is 1. The largest absolute Gasteiger partial charge is 0.496 e. The maximum atomic E-state index is 6.02. The molecule has 3 heterocycles. The average molecular weight is 417 g/mol. The molecular weight excluding hydrogens is 388 g/mol. The molecule has 1 N–H and O–H groups in total. The van der Waals surface area contributed by atoms with Crippen molar-refractivity contribution in [3.8, 4) is 5.75 Å². The molecule has 0 aliphatic carbocycles. The van der Waals surface area contributed by atoms with E-state index in [2.05, 4.69) is 65.3 Å². The zero-order valence-electron chi connectivity index (χ0n) is 18.3. The summed E-state index contributed by atoms with van der Waals surface area (Å²) in [5.74, 6) is 2.73. The van der Waals surface area contributed by atoms with Crippen LogP contribution in [0.15, 0.2) is 59.0 Å². The van der Waals surface area contributed by atoms with Gasteiger partial charge in [0.15, 0.2) is 0 Å². The van der Waals surface area contributed by atoms with Crippen molar-refractivity contribution in [2.24, 2.45) is 0 Å². The lowest BCUT2D eigenvalue weighted by Gasteiger charge is -2.36. The van der Waals surface area contributed by atoms with E-state index in [1.165, 1.54) is 27.7 Å². The van der Waals surface area contributed by atoms with Crippen LogP contribution in [-0.2, 0) is 24.3 Å². The van der Waals surface area contributed by atoms with Gasteiger partial charge in [-0.25, -0.2) is 0 Å². The fraction of sp³-hybridized carbons (Fsp3) is 0.308. The third-order valence-electron chi connectivity index (χ3n) is 6.23. The summed E-state index contributed by atoms with van der Waals surface area (Å²) in [6.45, 7) is 4.30. The van der Waals surface area contributed by atoms with Crippen molar-refractivity contribution in [3.05, 3.63) is 88.5 Å². The number of ether oxygens (including phenoxy) is 2. The minimum Gasteiger partial charge on any atom is -0.496 e. The van der Waals surface area contributed by atoms with Crippen molar-refractivity contribution in [2.75, 3.05) is 20.8 Å². The van der Waals surface area contributed by atoms with Crippen molar-refractivity contribution >= 4 is 10.9 Å². The van der Waals surface area contributed by atoms with E-state index >= 15 is 0 Å². The molecule has 2 aromatic carbocycles. The van der Waals surface area contributed by atoms with Crippen LogP contribution in [0.3, 0.4) is 0 Å². The minimum absolute atomic E-state index is 0.122. The van der Waals surface area contributed by atoms with Crippen LogP contribution < -0.4 is 4.74 Å². The molecule has 31 heavy (non-hydrogen) atoms. The third kappa shape index (κ3) is 3.64. The molecule has 1 aliphatic heterocycles. The second kappa shape index (κ2) is 8.25. The predicted molar refractivity (Wildman–Crippen MR) is 121 cm³/mol. The van der Waals surface area contributed by atoms with Crippen LogP contribution in [0, 0.1) is 6.92 Å². The Kier molecular flexibility index (Phi) is 5.30. The normalized spacial score (nSPS) is 16.5. The number of hydrogen-bond donors (Lipinski definition) is 1. The smallest absolute Gasteiger partial charge is 0.129 e. The maximum Gasteiger partial charge on any atom is 0.129 e. The van der Waals surface area contributed by atoms with Crippen molar-refractivity contribution < 1.29 is 13.9 Å². The molecule has 5 heteroatoms. The van der Waals surface area contributed by atoms with E-state index in [1.54, 1.807) is 14.2 Å². The number of para-hydroxylation sites is 1. The van der Waals surface area contributed by atoms with Gasteiger partial charge in [0.2, 0.25) is 0 Å². The van der Waals surface area contributed by atoms with E-state index in [0.717, 1.165) is 42.3 Å². The zero-order valence-corrected chi connectivity index (χ0v) is 18.3. The number of H-pyrrole nitrogens is 1. The van der Waals surface area contributed by atoms with Crippen LogP contribution in [0.1, 0.15) is 39.9 Å². The molecule has 4 aromatic rings. The number of aryl methyl sites for hydroxylation is 1. The summed E-state index contributed by atoms with van der Waals surface area (Å²) < 4.78 is 16.7. The number of aromatic amines is 1. The standard InChI is InChI=1S/C26H28N2O3/c1-17-14-18(8-11-24(17)30-3)26-25-22(21-6-4-5-7-23(21)27-25)12-13-28(26)15-19-9-10-20(31-19)16-29-2/h4-11,14,26-27H,12-13,15-16H2,1-3H3. The van der Waals surface area contributed by atoms with E-state index in [1.807, 2.05) is 6.07 Å². The summed E-state index contributed by atoms with van der Waals surface area (Å²) in [6, 6.07) is 19.3. The molecule has 1 atom stereocenters. The lowest BCUT2D eigenvalue weighted by atomic mass is 9.91. The molecule has 0 saturated heterocycles. The van der Waals surface area contributed by atoms with Gasteiger partial charge in [-0.3, -0.25) is 4.90 Å². The molecule has 5 nitrogen and oxygen atoms in total. The molecule has 160 valence electrons. The molecule has 0 amide bonds. The Morgan fingerprint density at radius 3 is 2.71 bits per heavy atom. The average Bonchev–Trinajstić information content (AvgIpc) is 3.38. The molecule has 2 aromatic heterocycles. The Morgan fingerprint density at radius 1 is 1.06 bits per heavy atom. The molecule has 1 aliphatic rings. The summed E-state index contributed by atoms with van der Waals surface area (Å²) in [6.07, 6.45) is 1.01. The van der Waals surface area contributed by atoms with E-state index in [9.17, 15) is 0 Å². The van der Waals surface area contributed by atoms with Gasteiger partial charge in [-0.1, -0.05) is 30.3 Å². The first-order valence-corrected chi connectivity index (χ1v) is 10.7. The van der Waals surface area contributed by atoms with Crippen LogP contribution in [0.2, 0.25) is 0 Å². The summed E-state index contributed by atoms with van der Waals surface area (Å²) in [4.78, 5) is 6.22. The lowest BCUT2D eigenvalue weighted by Crippen LogP contribution is -2.35. The van der Waals surface area contributed by atoms with Crippen LogP contribution in [0.4, 0.5) is 0 Å². The zero-order chi connectivity index (χ0) is 21.4. The predicted octanol–water partition coefficient (Wildman–Crippen LogP) is 5.37. The van der Waals surface area contributed by atoms with E-state index in [0.29, 0.717) is 6.61 Å². The quantitative estimate of drug-likeness (QED) is 0.459. The van der Waals surface area contributed by atoms with Gasteiger partial charge >= 0.3 is 0 Å². The van der Waals surface area contributed by atoms with E-state index in [4.69, 9.17) is 13.9 Å². The highest BCUT2D eigenvalue weighted by molar-refractivity contribution is 5.85. The highest BCUT2D eigenvalue weighted by Crippen LogP contribution is 2.40. The van der Waals surface area contributed by atoms with Crippen molar-refractivity contribution in [3.63, 3.8) is 0 Å².